The molecule has 0 saturated carbocycles. The van der Waals surface area contributed by atoms with Gasteiger partial charge in [0.25, 0.3) is 10.1 Å². The summed E-state index contributed by atoms with van der Waals surface area (Å²) in [6, 6.07) is 13.6. The molecule has 2 aromatic rings. The summed E-state index contributed by atoms with van der Waals surface area (Å²) in [4.78, 5) is 83.1. The number of Topliss-reactive ketones (excluding diaryl/α,β-unsaturated/α-hetero) is 1. The fourth-order valence-electron chi connectivity index (χ4n) is 7.12. The molecule has 368 valence electrons. The third kappa shape index (κ3) is 19.2. The maximum atomic E-state index is 14.3. The van der Waals surface area contributed by atoms with E-state index in [2.05, 4.69) is 21.3 Å². The summed E-state index contributed by atoms with van der Waals surface area (Å²) in [5, 5.41) is 22.7. The quantitative estimate of drug-likeness (QED) is 0.0501. The van der Waals surface area contributed by atoms with Gasteiger partial charge in [0.15, 0.2) is 5.78 Å². The molecule has 0 aliphatic carbocycles. The molecule has 0 aromatic heterocycles. The molecule has 7 N–H and O–H groups in total. The maximum Gasteiger partial charge on any atom is 0.272 e. The van der Waals surface area contributed by atoms with Crippen LogP contribution in [0.3, 0.4) is 0 Å². The summed E-state index contributed by atoms with van der Waals surface area (Å²) >= 11 is 0. The first-order valence-electron chi connectivity index (χ1n) is 22.6. The fourth-order valence-corrected chi connectivity index (χ4v) is 8.16. The Bertz CT molecular complexity index is 1990. The van der Waals surface area contributed by atoms with Gasteiger partial charge in [0.2, 0.25) is 29.5 Å². The van der Waals surface area contributed by atoms with Gasteiger partial charge < -0.3 is 41.6 Å². The van der Waals surface area contributed by atoms with E-state index in [0.29, 0.717) is 38.3 Å². The van der Waals surface area contributed by atoms with Crippen LogP contribution in [-0.2, 0) is 65.4 Å². The number of carbonyl (C=O) groups excluding carboxylic acids is 6. The van der Waals surface area contributed by atoms with E-state index >= 15 is 0 Å². The molecule has 5 atom stereocenters. The van der Waals surface area contributed by atoms with E-state index in [9.17, 15) is 42.3 Å². The number of aryl methyl sites for hydroxylation is 1. The number of carbonyl (C=O) groups is 6. The molecule has 0 bridgehead atoms. The summed E-state index contributed by atoms with van der Waals surface area (Å²) < 4.78 is 40.6. The van der Waals surface area contributed by atoms with Gasteiger partial charge in [-0.1, -0.05) is 88.4 Å². The largest absolute Gasteiger partial charge is 0.380 e. The predicted octanol–water partition coefficient (Wildman–Crippen LogP) is 1.56. The number of nitrogens with zero attached hydrogens (tertiary/aromatic N) is 1. The third-order valence-electron chi connectivity index (χ3n) is 11.1. The van der Waals surface area contributed by atoms with Crippen molar-refractivity contribution >= 4 is 45.4 Å². The average Bonchev–Trinajstić information content (AvgIpc) is 3.25. The summed E-state index contributed by atoms with van der Waals surface area (Å²) in [5.41, 5.74) is 4.31. The lowest BCUT2D eigenvalue weighted by molar-refractivity contribution is -0.143. The Kier molecular flexibility index (Phi) is 22.3. The van der Waals surface area contributed by atoms with Crippen molar-refractivity contribution in [3.8, 4) is 0 Å². The minimum absolute atomic E-state index is 0.0172. The molecule has 1 aliphatic rings. The second kappa shape index (κ2) is 26.5. The molecule has 0 spiro atoms. The molecule has 19 heteroatoms. The van der Waals surface area contributed by atoms with Gasteiger partial charge in [0.1, 0.15) is 36.9 Å². The van der Waals surface area contributed by atoms with Crippen LogP contribution in [0, 0.1) is 11.8 Å². The van der Waals surface area contributed by atoms with Gasteiger partial charge in [-0.05, 0) is 75.8 Å². The van der Waals surface area contributed by atoms with Gasteiger partial charge in [0, 0.05) is 26.1 Å². The number of morpholine rings is 1. The third-order valence-corrected chi connectivity index (χ3v) is 13.1. The van der Waals surface area contributed by atoms with E-state index in [1.54, 1.807) is 44.2 Å². The monoisotopic (exact) mass is 944 g/mol. The number of ketones is 1. The van der Waals surface area contributed by atoms with E-state index < -0.39 is 87.3 Å². The molecule has 0 radical (unpaired) electrons. The van der Waals surface area contributed by atoms with Crippen molar-refractivity contribution in [2.75, 3.05) is 52.7 Å². The Morgan fingerprint density at radius 2 is 1.27 bits per heavy atom. The van der Waals surface area contributed by atoms with Gasteiger partial charge >= 0.3 is 0 Å². The molecule has 3 rings (SSSR count). The van der Waals surface area contributed by atoms with Crippen LogP contribution in [0.25, 0.3) is 0 Å². The van der Waals surface area contributed by atoms with E-state index in [-0.39, 0.29) is 63.0 Å². The highest BCUT2D eigenvalue weighted by atomic mass is 32.2. The normalized spacial score (nSPS) is 16.3. The smallest absolute Gasteiger partial charge is 0.272 e. The van der Waals surface area contributed by atoms with Gasteiger partial charge in [-0.15, -0.1) is 0 Å². The van der Waals surface area contributed by atoms with Crippen molar-refractivity contribution in [3.63, 3.8) is 0 Å². The van der Waals surface area contributed by atoms with Crippen molar-refractivity contribution in [2.24, 2.45) is 17.6 Å². The Morgan fingerprint density at radius 1 is 0.758 bits per heavy atom. The van der Waals surface area contributed by atoms with E-state index in [1.807, 2.05) is 49.1 Å². The number of rotatable bonds is 29. The lowest BCUT2D eigenvalue weighted by Gasteiger charge is -2.31. The zero-order valence-corrected chi connectivity index (χ0v) is 40.3. The average molecular weight is 945 g/mol. The minimum Gasteiger partial charge on any atom is -0.380 e. The predicted molar refractivity (Wildman–Crippen MR) is 248 cm³/mol. The lowest BCUT2D eigenvalue weighted by Crippen LogP contribution is -2.60. The standard InChI is InChI=1S/C47H72N6O12S/c1-32(2)26-37(42(56)47(7,60)31-65-66(61,62)46(5,6)20-23-64-30-40(48)54)50-45(59)39(28-35-16-12-9-13-17-35)52-44(58)38(27-33(3)4)51-43(57)36(19-18-34-14-10-8-11-15-34)49-41(55)29-53-21-24-63-25-22-53/h8-17,32-33,36-39,60H,18-31H2,1-7H3,(H2,48,54)(H,49,55)(H,50,59)(H,51,57)(H,52,58)/t36-,37-,38-,39-,47?/m0/s1. The number of aliphatic hydroxyl groups is 1. The first-order chi connectivity index (χ1) is 31.0. The molecule has 2 aromatic carbocycles. The van der Waals surface area contributed by atoms with E-state index in [1.165, 1.54) is 13.8 Å². The summed E-state index contributed by atoms with van der Waals surface area (Å²) in [6.07, 6.45) is 0.822. The molecule has 5 amide bonds. The van der Waals surface area contributed by atoms with Crippen molar-refractivity contribution in [3.05, 3.63) is 71.8 Å². The van der Waals surface area contributed by atoms with Crippen molar-refractivity contribution in [1.82, 2.24) is 26.2 Å². The number of nitrogens with one attached hydrogen (secondary N) is 4. The van der Waals surface area contributed by atoms with Crippen molar-refractivity contribution in [1.29, 1.82) is 0 Å². The van der Waals surface area contributed by atoms with Crippen LogP contribution < -0.4 is 27.0 Å². The van der Waals surface area contributed by atoms with Crippen LogP contribution in [0.15, 0.2) is 60.7 Å². The Labute approximate surface area is 389 Å². The number of amides is 5. The van der Waals surface area contributed by atoms with Crippen LogP contribution in [0.1, 0.15) is 85.3 Å². The van der Waals surface area contributed by atoms with Gasteiger partial charge in [0.05, 0.1) is 30.5 Å². The first kappa shape index (κ1) is 55.5. The van der Waals surface area contributed by atoms with Gasteiger partial charge in [-0.3, -0.25) is 37.9 Å². The highest BCUT2D eigenvalue weighted by Gasteiger charge is 2.43. The number of benzene rings is 2. The Morgan fingerprint density at radius 3 is 1.85 bits per heavy atom. The maximum absolute atomic E-state index is 14.3. The summed E-state index contributed by atoms with van der Waals surface area (Å²) in [5.74, 6) is -4.29. The highest BCUT2D eigenvalue weighted by Crippen LogP contribution is 2.25. The second-order valence-electron chi connectivity index (χ2n) is 18.5. The summed E-state index contributed by atoms with van der Waals surface area (Å²) in [7, 11) is -4.42. The molecule has 1 saturated heterocycles. The highest BCUT2D eigenvalue weighted by molar-refractivity contribution is 7.88. The number of hydrogen-bond donors (Lipinski definition) is 6. The minimum atomic E-state index is -4.42. The van der Waals surface area contributed by atoms with E-state index in [4.69, 9.17) is 19.4 Å². The molecular formula is C47H72N6O12S. The molecule has 1 unspecified atom stereocenters. The zero-order chi connectivity index (χ0) is 49.1. The molecule has 1 aliphatic heterocycles. The Hall–Kier alpha value is -4.79. The van der Waals surface area contributed by atoms with Gasteiger partial charge in [-0.25, -0.2) is 0 Å². The lowest BCUT2D eigenvalue weighted by atomic mass is 9.90. The van der Waals surface area contributed by atoms with Crippen LogP contribution in [0.5, 0.6) is 0 Å². The topological polar surface area (TPSA) is 262 Å². The van der Waals surface area contributed by atoms with Crippen molar-refractivity contribution < 1.29 is 55.9 Å². The zero-order valence-electron chi connectivity index (χ0n) is 39.5. The molecule has 66 heavy (non-hydrogen) atoms. The van der Waals surface area contributed by atoms with Crippen LogP contribution in [0.4, 0.5) is 0 Å². The van der Waals surface area contributed by atoms with E-state index in [0.717, 1.165) is 12.5 Å². The van der Waals surface area contributed by atoms with Crippen molar-refractivity contribution in [2.45, 2.75) is 122 Å². The number of primary amides is 1. The van der Waals surface area contributed by atoms with Crippen LogP contribution >= 0.6 is 0 Å². The SMILES string of the molecule is CC(C)C[C@H](NC(=O)[C@H](CCc1ccccc1)NC(=O)CN1CCOCC1)C(=O)N[C@@H](Cc1ccccc1)C(=O)N[C@@H](CC(C)C)C(=O)C(C)(O)COS(=O)(=O)C(C)(C)CCOCC(N)=O. The van der Waals surface area contributed by atoms with Gasteiger partial charge in [-0.2, -0.15) is 8.42 Å². The fraction of sp³-hybridized carbons (Fsp3) is 0.617. The number of nitrogens with two attached hydrogens (primary N) is 1. The van der Waals surface area contributed by atoms with Crippen LogP contribution in [-0.4, -0.2) is 141 Å². The molecule has 1 heterocycles. The first-order valence-corrected chi connectivity index (χ1v) is 24.0. The second-order valence-corrected chi connectivity index (χ2v) is 20.8. The number of ether oxygens (including phenoxy) is 2. The Balaban J connectivity index is 1.84. The number of hydrogen-bond acceptors (Lipinski definition) is 13. The molecule has 1 fully saturated rings. The van der Waals surface area contributed by atoms with Crippen LogP contribution in [0.2, 0.25) is 0 Å². The molecular weight excluding hydrogens is 873 g/mol. The summed E-state index contributed by atoms with van der Waals surface area (Å²) in [6.45, 7) is 11.9. The molecule has 18 nitrogen and oxygen atoms in total.